The summed E-state index contributed by atoms with van der Waals surface area (Å²) in [6, 6.07) is 2.88. The van der Waals surface area contributed by atoms with Gasteiger partial charge in [0, 0.05) is 24.5 Å². The fourth-order valence-corrected chi connectivity index (χ4v) is 6.31. The van der Waals surface area contributed by atoms with Gasteiger partial charge in [-0.1, -0.05) is 23.2 Å². The molecule has 2 fully saturated rings. The van der Waals surface area contributed by atoms with Gasteiger partial charge in [0.15, 0.2) is 5.75 Å². The predicted molar refractivity (Wildman–Crippen MR) is 102 cm³/mol. The number of nitrogens with zero attached hydrogens (tertiary/aromatic N) is 2. The van der Waals surface area contributed by atoms with Crippen LogP contribution in [0.15, 0.2) is 17.0 Å². The number of fused-ring (bicyclic) bond motifs is 1. The average Bonchev–Trinajstić information content (AvgIpc) is 2.63. The fourth-order valence-electron chi connectivity index (χ4n) is 4.26. The Bertz CT molecular complexity index is 789. The number of ether oxygens (including phenoxy) is 1. The van der Waals surface area contributed by atoms with E-state index in [4.69, 9.17) is 27.9 Å². The number of aliphatic hydroxyl groups excluding tert-OH is 1. The third kappa shape index (κ3) is 3.23. The summed E-state index contributed by atoms with van der Waals surface area (Å²) >= 11 is 12.1. The number of benzene rings is 1. The predicted octanol–water partition coefficient (Wildman–Crippen LogP) is 2.47. The standard InChI is InChI=1S/C17H24Cl2N2O4S/c1-20-8-3-6-17(11-22)7-9-21(10-14(17)20)26(23,24)13-5-4-12(18)15(19)16(13)25-2/h4-5,14,22H,3,6-11H2,1-2H3/t14-,17-/m1/s1. The van der Waals surface area contributed by atoms with Crippen LogP contribution >= 0.6 is 23.2 Å². The second kappa shape index (κ2) is 7.45. The molecule has 2 atom stereocenters. The number of likely N-dealkylation sites (tertiary alicyclic amines) is 1. The Labute approximate surface area is 164 Å². The highest BCUT2D eigenvalue weighted by atomic mass is 35.5. The molecule has 26 heavy (non-hydrogen) atoms. The van der Waals surface area contributed by atoms with Crippen LogP contribution in [0.4, 0.5) is 0 Å². The molecule has 2 saturated heterocycles. The van der Waals surface area contributed by atoms with E-state index in [-0.39, 0.29) is 38.8 Å². The molecule has 1 aromatic carbocycles. The normalized spacial score (nSPS) is 28.0. The lowest BCUT2D eigenvalue weighted by Gasteiger charge is -2.53. The molecule has 146 valence electrons. The minimum absolute atomic E-state index is 0.0152. The second-order valence-electron chi connectivity index (χ2n) is 7.13. The maximum atomic E-state index is 13.3. The van der Waals surface area contributed by atoms with E-state index in [1.54, 1.807) is 0 Å². The summed E-state index contributed by atoms with van der Waals surface area (Å²) in [4.78, 5) is 2.18. The molecule has 2 aliphatic heterocycles. The van der Waals surface area contributed by atoms with Crippen LogP contribution in [0, 0.1) is 5.41 Å². The van der Waals surface area contributed by atoms with E-state index in [1.807, 2.05) is 7.05 Å². The first kappa shape index (κ1) is 20.2. The zero-order valence-corrected chi connectivity index (χ0v) is 17.2. The van der Waals surface area contributed by atoms with Crippen LogP contribution in [0.1, 0.15) is 19.3 Å². The quantitative estimate of drug-likeness (QED) is 0.806. The van der Waals surface area contributed by atoms with Crippen molar-refractivity contribution in [1.29, 1.82) is 0 Å². The molecule has 1 aromatic rings. The molecule has 0 aliphatic carbocycles. The molecule has 6 nitrogen and oxygen atoms in total. The summed E-state index contributed by atoms with van der Waals surface area (Å²) in [6.45, 7) is 1.67. The lowest BCUT2D eigenvalue weighted by atomic mass is 9.69. The molecule has 0 aromatic heterocycles. The molecular weight excluding hydrogens is 399 g/mol. The van der Waals surface area contributed by atoms with Gasteiger partial charge in [-0.25, -0.2) is 8.42 Å². The highest BCUT2D eigenvalue weighted by molar-refractivity contribution is 7.89. The summed E-state index contributed by atoms with van der Waals surface area (Å²) in [5, 5.41) is 10.3. The van der Waals surface area contributed by atoms with Gasteiger partial charge < -0.3 is 14.7 Å². The van der Waals surface area contributed by atoms with Gasteiger partial charge in [-0.3, -0.25) is 0 Å². The molecule has 0 spiro atoms. The van der Waals surface area contributed by atoms with E-state index in [1.165, 1.54) is 23.5 Å². The van der Waals surface area contributed by atoms with E-state index < -0.39 is 10.0 Å². The Morgan fingerprint density at radius 1 is 1.31 bits per heavy atom. The minimum Gasteiger partial charge on any atom is -0.494 e. The largest absolute Gasteiger partial charge is 0.494 e. The maximum Gasteiger partial charge on any atom is 0.246 e. The molecular formula is C17H24Cl2N2O4S. The number of aliphatic hydroxyl groups is 1. The average molecular weight is 423 g/mol. The number of hydrogen-bond acceptors (Lipinski definition) is 5. The zero-order valence-electron chi connectivity index (χ0n) is 14.9. The number of halogens is 2. The number of methoxy groups -OCH3 is 1. The van der Waals surface area contributed by atoms with Gasteiger partial charge in [-0.2, -0.15) is 4.31 Å². The number of likely N-dealkylation sites (N-methyl/N-ethyl adjacent to an activating group) is 1. The Kier molecular flexibility index (Phi) is 5.78. The molecule has 0 unspecified atom stereocenters. The molecule has 2 heterocycles. The number of piperidine rings is 2. The van der Waals surface area contributed by atoms with Gasteiger partial charge in [0.2, 0.25) is 10.0 Å². The van der Waals surface area contributed by atoms with Crippen LogP contribution in [-0.4, -0.2) is 69.2 Å². The third-order valence-corrected chi connectivity index (χ3v) is 8.49. The molecule has 1 N–H and O–H groups in total. The fraction of sp³-hybridized carbons (Fsp3) is 0.647. The van der Waals surface area contributed by atoms with E-state index in [2.05, 4.69) is 4.90 Å². The van der Waals surface area contributed by atoms with Gasteiger partial charge in [0.1, 0.15) is 9.92 Å². The van der Waals surface area contributed by atoms with Crippen molar-refractivity contribution in [3.63, 3.8) is 0 Å². The first-order valence-electron chi connectivity index (χ1n) is 8.60. The number of hydrogen-bond donors (Lipinski definition) is 1. The van der Waals surface area contributed by atoms with Crippen molar-refractivity contribution in [2.24, 2.45) is 5.41 Å². The smallest absolute Gasteiger partial charge is 0.246 e. The van der Waals surface area contributed by atoms with Crippen molar-refractivity contribution in [2.45, 2.75) is 30.2 Å². The van der Waals surface area contributed by atoms with Crippen molar-refractivity contribution < 1.29 is 18.3 Å². The summed E-state index contributed by atoms with van der Waals surface area (Å²) in [5.74, 6) is 0.0650. The first-order chi connectivity index (χ1) is 12.3. The Balaban J connectivity index is 1.96. The Hall–Kier alpha value is -0.570. The van der Waals surface area contributed by atoms with Gasteiger partial charge in [-0.15, -0.1) is 0 Å². The van der Waals surface area contributed by atoms with Gasteiger partial charge >= 0.3 is 0 Å². The molecule has 0 saturated carbocycles. The van der Waals surface area contributed by atoms with Crippen LogP contribution < -0.4 is 4.74 Å². The van der Waals surface area contributed by atoms with Crippen molar-refractivity contribution >= 4 is 33.2 Å². The Morgan fingerprint density at radius 2 is 2.04 bits per heavy atom. The van der Waals surface area contributed by atoms with Gasteiger partial charge in [-0.05, 0) is 45.0 Å². The van der Waals surface area contributed by atoms with E-state index in [9.17, 15) is 13.5 Å². The molecule has 0 amide bonds. The summed E-state index contributed by atoms with van der Waals surface area (Å²) in [5.41, 5.74) is -0.235. The zero-order chi connectivity index (χ0) is 19.1. The summed E-state index contributed by atoms with van der Waals surface area (Å²) < 4.78 is 33.2. The molecule has 0 radical (unpaired) electrons. The number of rotatable bonds is 4. The van der Waals surface area contributed by atoms with Gasteiger partial charge in [0.05, 0.1) is 18.7 Å². The molecule has 2 aliphatic rings. The van der Waals surface area contributed by atoms with Crippen LogP contribution in [0.25, 0.3) is 0 Å². The van der Waals surface area contributed by atoms with Crippen molar-refractivity contribution in [2.75, 3.05) is 40.4 Å². The van der Waals surface area contributed by atoms with Crippen molar-refractivity contribution in [3.05, 3.63) is 22.2 Å². The van der Waals surface area contributed by atoms with E-state index in [0.29, 0.717) is 19.5 Å². The second-order valence-corrected chi connectivity index (χ2v) is 9.82. The lowest BCUT2D eigenvalue weighted by Crippen LogP contribution is -2.62. The van der Waals surface area contributed by atoms with E-state index in [0.717, 1.165) is 19.4 Å². The van der Waals surface area contributed by atoms with Crippen molar-refractivity contribution in [1.82, 2.24) is 9.21 Å². The van der Waals surface area contributed by atoms with Crippen LogP contribution in [0.5, 0.6) is 5.75 Å². The topological polar surface area (TPSA) is 70.1 Å². The summed E-state index contributed by atoms with van der Waals surface area (Å²) in [6.07, 6.45) is 2.56. The minimum atomic E-state index is -3.80. The first-order valence-corrected chi connectivity index (χ1v) is 10.8. The highest BCUT2D eigenvalue weighted by Gasteiger charge is 2.49. The third-order valence-electron chi connectivity index (χ3n) is 5.81. The monoisotopic (exact) mass is 422 g/mol. The molecule has 0 bridgehead atoms. The molecule has 3 rings (SSSR count). The SMILES string of the molecule is COc1c(S(=O)(=O)N2CC[C@@]3(CO)CCCN(C)[C@@H]3C2)ccc(Cl)c1Cl. The lowest BCUT2D eigenvalue weighted by molar-refractivity contribution is -0.0508. The Morgan fingerprint density at radius 3 is 2.69 bits per heavy atom. The number of sulfonamides is 1. The highest BCUT2D eigenvalue weighted by Crippen LogP contribution is 2.44. The van der Waals surface area contributed by atoms with Crippen molar-refractivity contribution in [3.8, 4) is 5.75 Å². The van der Waals surface area contributed by atoms with Crippen LogP contribution in [-0.2, 0) is 10.0 Å². The summed E-state index contributed by atoms with van der Waals surface area (Å²) in [7, 11) is -0.432. The van der Waals surface area contributed by atoms with Crippen LogP contribution in [0.2, 0.25) is 10.0 Å². The van der Waals surface area contributed by atoms with Crippen LogP contribution in [0.3, 0.4) is 0 Å². The van der Waals surface area contributed by atoms with E-state index >= 15 is 0 Å². The maximum absolute atomic E-state index is 13.3. The molecule has 9 heteroatoms. The van der Waals surface area contributed by atoms with Gasteiger partial charge in [0.25, 0.3) is 0 Å².